The zero-order chi connectivity index (χ0) is 10.1. The van der Waals surface area contributed by atoms with Crippen LogP contribution in [-0.4, -0.2) is 13.2 Å². The molecule has 0 bridgehead atoms. The van der Waals surface area contributed by atoms with Crippen molar-refractivity contribution in [1.29, 1.82) is 0 Å². The van der Waals surface area contributed by atoms with Gasteiger partial charge in [-0.2, -0.15) is 18.6 Å². The summed E-state index contributed by atoms with van der Waals surface area (Å²) in [6.45, 7) is 3.45. The van der Waals surface area contributed by atoms with Gasteiger partial charge in [-0.25, -0.2) is 0 Å². The molecule has 1 rings (SSSR count). The maximum atomic E-state index is 11.4. The molecule has 0 saturated heterocycles. The van der Waals surface area contributed by atoms with Gasteiger partial charge in [-0.15, -0.1) is 0 Å². The van der Waals surface area contributed by atoms with Crippen LogP contribution in [0.25, 0.3) is 0 Å². The summed E-state index contributed by atoms with van der Waals surface area (Å²) in [5, 5.41) is 0. The van der Waals surface area contributed by atoms with E-state index in [-0.39, 0.29) is 0 Å². The molecule has 5 heteroatoms. The van der Waals surface area contributed by atoms with Gasteiger partial charge in [0, 0.05) is 0 Å². The summed E-state index contributed by atoms with van der Waals surface area (Å²) >= 11 is 0. The fourth-order valence-corrected chi connectivity index (χ4v) is 2.24. The van der Waals surface area contributed by atoms with Crippen LogP contribution in [0.5, 0.6) is 0 Å². The van der Waals surface area contributed by atoms with Crippen LogP contribution in [0, 0.1) is 0 Å². The maximum absolute atomic E-state index is 11.4. The quantitative estimate of drug-likeness (QED) is 0.676. The Hall–Kier alpha value is -0.650. The summed E-state index contributed by atoms with van der Waals surface area (Å²) < 4.78 is 25.8. The predicted octanol–water partition coefficient (Wildman–Crippen LogP) is 0.871. The van der Waals surface area contributed by atoms with E-state index >= 15 is 0 Å². The molecule has 1 atom stereocenters. The molecule has 1 aliphatic rings. The van der Waals surface area contributed by atoms with Gasteiger partial charge >= 0.3 is 0 Å². The van der Waals surface area contributed by atoms with Crippen LogP contribution in [0.3, 0.4) is 0 Å². The van der Waals surface area contributed by atoms with Gasteiger partial charge in [-0.05, 0) is 20.3 Å². The summed E-state index contributed by atoms with van der Waals surface area (Å²) in [4.78, 5) is 0. The van der Waals surface area contributed by atoms with Crippen LogP contribution in [0.15, 0.2) is 23.8 Å². The third-order valence-electron chi connectivity index (χ3n) is 2.16. The molecule has 1 unspecified atom stereocenters. The van der Waals surface area contributed by atoms with Crippen LogP contribution in [-0.2, 0) is 14.4 Å². The molecule has 2 N–H and O–H groups in total. The Kier molecular flexibility index (Phi) is 2.61. The van der Waals surface area contributed by atoms with Crippen molar-refractivity contribution in [3.63, 3.8) is 0 Å². The van der Waals surface area contributed by atoms with E-state index in [0.717, 1.165) is 5.57 Å². The molecule has 0 aromatic rings. The second kappa shape index (κ2) is 3.25. The van der Waals surface area contributed by atoms with Gasteiger partial charge in [0.15, 0.2) is 0 Å². The molecule has 0 aromatic heterocycles. The normalized spacial score (nSPS) is 28.7. The fourth-order valence-electron chi connectivity index (χ4n) is 1.37. The molecular weight excluding hydrogens is 190 g/mol. The predicted molar refractivity (Wildman–Crippen MR) is 50.1 cm³/mol. The van der Waals surface area contributed by atoms with Crippen molar-refractivity contribution in [2.24, 2.45) is 5.90 Å². The zero-order valence-corrected chi connectivity index (χ0v) is 8.47. The van der Waals surface area contributed by atoms with Crippen molar-refractivity contribution >= 4 is 10.1 Å². The number of hydrogen-bond donors (Lipinski definition) is 1. The second-order valence-electron chi connectivity index (χ2n) is 3.41. The zero-order valence-electron chi connectivity index (χ0n) is 7.65. The van der Waals surface area contributed by atoms with E-state index in [9.17, 15) is 8.42 Å². The lowest BCUT2D eigenvalue weighted by molar-refractivity contribution is 0.318. The molecule has 0 spiro atoms. The molecule has 0 aromatic carbocycles. The van der Waals surface area contributed by atoms with Gasteiger partial charge in [0.05, 0.1) is 0 Å². The largest absolute Gasteiger partial charge is 0.292 e. The number of hydrogen-bond acceptors (Lipinski definition) is 4. The molecule has 0 fully saturated rings. The molecule has 0 heterocycles. The SMILES string of the molecule is CC1=CC=CC(C)(S(=O)(=O)ON)C1. The molecule has 0 aliphatic heterocycles. The van der Waals surface area contributed by atoms with Crippen molar-refractivity contribution in [1.82, 2.24) is 0 Å². The Morgan fingerprint density at radius 1 is 1.62 bits per heavy atom. The van der Waals surface area contributed by atoms with E-state index in [0.29, 0.717) is 6.42 Å². The van der Waals surface area contributed by atoms with Gasteiger partial charge in [0.1, 0.15) is 4.75 Å². The van der Waals surface area contributed by atoms with Crippen LogP contribution < -0.4 is 5.90 Å². The minimum absolute atomic E-state index is 0.420. The Morgan fingerprint density at radius 3 is 2.69 bits per heavy atom. The number of allylic oxidation sites excluding steroid dienone is 3. The van der Waals surface area contributed by atoms with Gasteiger partial charge in [-0.1, -0.05) is 23.8 Å². The van der Waals surface area contributed by atoms with Crippen LogP contribution in [0.1, 0.15) is 20.3 Å². The average molecular weight is 203 g/mol. The molecule has 0 radical (unpaired) electrons. The molecular formula is C8H13NO3S. The molecule has 4 nitrogen and oxygen atoms in total. The summed E-state index contributed by atoms with van der Waals surface area (Å²) in [5.74, 6) is 4.73. The van der Waals surface area contributed by atoms with E-state index in [1.54, 1.807) is 19.1 Å². The van der Waals surface area contributed by atoms with Crippen LogP contribution >= 0.6 is 0 Å². The van der Waals surface area contributed by atoms with E-state index in [2.05, 4.69) is 4.28 Å². The lowest BCUT2D eigenvalue weighted by atomic mass is 9.96. The summed E-state index contributed by atoms with van der Waals surface area (Å²) in [7, 11) is -3.70. The minimum Gasteiger partial charge on any atom is -0.198 e. The van der Waals surface area contributed by atoms with Gasteiger partial charge in [-0.3, -0.25) is 0 Å². The minimum atomic E-state index is -3.70. The Morgan fingerprint density at radius 2 is 2.23 bits per heavy atom. The van der Waals surface area contributed by atoms with Crippen molar-refractivity contribution in [2.75, 3.05) is 0 Å². The summed E-state index contributed by atoms with van der Waals surface area (Å²) in [6.07, 6.45) is 5.58. The highest BCUT2D eigenvalue weighted by Gasteiger charge is 2.38. The lowest BCUT2D eigenvalue weighted by Gasteiger charge is -2.26. The first-order valence-electron chi connectivity index (χ1n) is 3.89. The number of rotatable bonds is 2. The van der Waals surface area contributed by atoms with Crippen LogP contribution in [0.4, 0.5) is 0 Å². The third kappa shape index (κ3) is 1.82. The van der Waals surface area contributed by atoms with Crippen molar-refractivity contribution < 1.29 is 12.7 Å². The summed E-state index contributed by atoms with van der Waals surface area (Å²) in [5.41, 5.74) is 0.991. The van der Waals surface area contributed by atoms with Crippen molar-refractivity contribution in [3.8, 4) is 0 Å². The Labute approximate surface area is 78.2 Å². The van der Waals surface area contributed by atoms with Crippen molar-refractivity contribution in [3.05, 3.63) is 23.8 Å². The lowest BCUT2D eigenvalue weighted by Crippen LogP contribution is -2.37. The molecule has 74 valence electrons. The molecule has 1 aliphatic carbocycles. The van der Waals surface area contributed by atoms with Crippen molar-refractivity contribution in [2.45, 2.75) is 25.0 Å². The van der Waals surface area contributed by atoms with E-state index < -0.39 is 14.9 Å². The number of nitrogens with two attached hydrogens (primary N) is 1. The van der Waals surface area contributed by atoms with E-state index in [1.807, 2.05) is 13.0 Å². The molecule has 0 saturated carbocycles. The maximum Gasteiger partial charge on any atom is 0.292 e. The first kappa shape index (κ1) is 10.4. The Bertz CT molecular complexity index is 356. The van der Waals surface area contributed by atoms with Gasteiger partial charge in [0.25, 0.3) is 10.1 Å². The van der Waals surface area contributed by atoms with Crippen LogP contribution in [0.2, 0.25) is 0 Å². The monoisotopic (exact) mass is 203 g/mol. The average Bonchev–Trinajstić information content (AvgIpc) is 2.03. The third-order valence-corrected chi connectivity index (χ3v) is 3.83. The highest BCUT2D eigenvalue weighted by atomic mass is 32.2. The standard InChI is InChI=1S/C8H13NO3S/c1-7-4-3-5-8(2,6-7)13(10,11)12-9/h3-5H,6,9H2,1-2H3. The highest BCUT2D eigenvalue weighted by Crippen LogP contribution is 2.30. The second-order valence-corrected chi connectivity index (χ2v) is 5.45. The van der Waals surface area contributed by atoms with E-state index in [1.165, 1.54) is 0 Å². The smallest absolute Gasteiger partial charge is 0.198 e. The molecule has 13 heavy (non-hydrogen) atoms. The Balaban J connectivity index is 3.06. The first-order chi connectivity index (χ1) is 5.91. The highest BCUT2D eigenvalue weighted by molar-refractivity contribution is 7.88. The van der Waals surface area contributed by atoms with Gasteiger partial charge < -0.3 is 0 Å². The first-order valence-corrected chi connectivity index (χ1v) is 5.30. The summed E-state index contributed by atoms with van der Waals surface area (Å²) in [6, 6.07) is 0. The fraction of sp³-hybridized carbons (Fsp3) is 0.500. The van der Waals surface area contributed by atoms with Gasteiger partial charge in [0.2, 0.25) is 0 Å². The van der Waals surface area contributed by atoms with E-state index in [4.69, 9.17) is 5.90 Å². The molecule has 0 amide bonds. The topological polar surface area (TPSA) is 69.4 Å².